The van der Waals surface area contributed by atoms with Gasteiger partial charge in [0.25, 0.3) is 0 Å². The van der Waals surface area contributed by atoms with Gasteiger partial charge in [0.05, 0.1) is 15.9 Å². The van der Waals surface area contributed by atoms with Gasteiger partial charge >= 0.3 is 0 Å². The maximum atomic E-state index is 12.8. The van der Waals surface area contributed by atoms with Gasteiger partial charge in [-0.15, -0.1) is 0 Å². The molecule has 8 heteroatoms. The van der Waals surface area contributed by atoms with Crippen LogP contribution in [0.4, 0.5) is 0 Å². The number of nitrogens with zero attached hydrogens (tertiary/aromatic N) is 1. The van der Waals surface area contributed by atoms with Crippen LogP contribution < -0.4 is 15.5 Å². The lowest BCUT2D eigenvalue weighted by atomic mass is 10.1. The van der Waals surface area contributed by atoms with Crippen LogP contribution in [-0.4, -0.2) is 24.9 Å². The second-order valence-corrected chi connectivity index (χ2v) is 9.86. The molecule has 0 aliphatic heterocycles. The topological polar surface area (TPSA) is 97.3 Å². The molecular formula is C25H25N3O4S. The molecule has 7 nitrogen and oxygen atoms in total. The van der Waals surface area contributed by atoms with Crippen LogP contribution in [0.15, 0.2) is 82.5 Å². The summed E-state index contributed by atoms with van der Waals surface area (Å²) in [6, 6.07) is 20.7. The molecule has 0 fully saturated rings. The highest BCUT2D eigenvalue weighted by Crippen LogP contribution is 2.19. The average Bonchev–Trinajstić information content (AvgIpc) is 2.80. The fourth-order valence-electron chi connectivity index (χ4n) is 3.85. The predicted molar refractivity (Wildman–Crippen MR) is 129 cm³/mol. The lowest BCUT2D eigenvalue weighted by Crippen LogP contribution is -2.30. The number of sulfonamides is 1. The smallest absolute Gasteiger partial charge is 0.240 e. The number of hydrogen-bond acceptors (Lipinski definition) is 4. The molecule has 0 saturated heterocycles. The van der Waals surface area contributed by atoms with E-state index >= 15 is 0 Å². The van der Waals surface area contributed by atoms with Gasteiger partial charge in [-0.25, -0.2) is 13.1 Å². The minimum Gasteiger partial charge on any atom is -0.350 e. The Morgan fingerprint density at radius 2 is 1.52 bits per heavy atom. The first kappa shape index (κ1) is 22.7. The number of carbonyl (C=O) groups excluding carboxylic acids is 1. The number of amides is 1. The Kier molecular flexibility index (Phi) is 6.31. The highest BCUT2D eigenvalue weighted by atomic mass is 32.2. The molecule has 2 N–H and O–H groups in total. The molecule has 0 aliphatic carbocycles. The van der Waals surface area contributed by atoms with E-state index in [2.05, 4.69) is 10.0 Å². The van der Waals surface area contributed by atoms with Gasteiger partial charge in [-0.05, 0) is 55.8 Å². The fourth-order valence-corrected chi connectivity index (χ4v) is 5.17. The second kappa shape index (κ2) is 9.17. The van der Waals surface area contributed by atoms with Gasteiger partial charge in [-0.2, -0.15) is 0 Å². The van der Waals surface area contributed by atoms with Crippen molar-refractivity contribution in [2.75, 3.05) is 0 Å². The average molecular weight is 464 g/mol. The van der Waals surface area contributed by atoms with Crippen molar-refractivity contribution >= 4 is 37.7 Å². The van der Waals surface area contributed by atoms with Gasteiger partial charge < -0.3 is 9.88 Å². The molecule has 1 aromatic heterocycles. The molecule has 1 amide bonds. The van der Waals surface area contributed by atoms with E-state index in [1.54, 1.807) is 56.3 Å². The first-order valence-electron chi connectivity index (χ1n) is 10.6. The van der Waals surface area contributed by atoms with Crippen LogP contribution in [0.2, 0.25) is 0 Å². The van der Waals surface area contributed by atoms with E-state index in [0.29, 0.717) is 27.4 Å². The van der Waals surface area contributed by atoms with Gasteiger partial charge in [0.2, 0.25) is 15.9 Å². The fraction of sp³-hybridized carbons (Fsp3) is 0.200. The van der Waals surface area contributed by atoms with Crippen LogP contribution in [0.25, 0.3) is 21.8 Å². The Labute approximate surface area is 192 Å². The summed E-state index contributed by atoms with van der Waals surface area (Å²) < 4.78 is 29.2. The standard InChI is InChI=1S/C25H25N3O4S/c1-17(2)27-33(31,32)19-9-7-8-18(14-19)15-26-24(29)16-28-22-12-5-3-10-20(22)25(30)21-11-4-6-13-23(21)28/h3-14,17,27H,15-16H2,1-2H3,(H,26,29). The van der Waals surface area contributed by atoms with Crippen molar-refractivity contribution in [3.63, 3.8) is 0 Å². The summed E-state index contributed by atoms with van der Waals surface area (Å²) in [7, 11) is -3.62. The number of fused-ring (bicyclic) bond motifs is 2. The Morgan fingerprint density at radius 3 is 2.12 bits per heavy atom. The van der Waals surface area contributed by atoms with E-state index in [-0.39, 0.29) is 35.4 Å². The maximum Gasteiger partial charge on any atom is 0.240 e. The number of benzene rings is 3. The molecule has 0 bridgehead atoms. The molecule has 1 heterocycles. The third kappa shape index (κ3) is 4.81. The Balaban J connectivity index is 1.58. The molecule has 0 atom stereocenters. The highest BCUT2D eigenvalue weighted by molar-refractivity contribution is 7.89. The van der Waals surface area contributed by atoms with Crippen molar-refractivity contribution < 1.29 is 13.2 Å². The van der Waals surface area contributed by atoms with Gasteiger partial charge in [0.1, 0.15) is 6.54 Å². The normalized spacial score (nSPS) is 11.8. The predicted octanol–water partition coefficient (Wildman–Crippen LogP) is 3.16. The number of rotatable bonds is 7. The zero-order valence-corrected chi connectivity index (χ0v) is 19.2. The third-order valence-corrected chi connectivity index (χ3v) is 6.93. The molecule has 4 rings (SSSR count). The summed E-state index contributed by atoms with van der Waals surface area (Å²) in [6.45, 7) is 3.71. The van der Waals surface area contributed by atoms with Crippen LogP contribution in [0.1, 0.15) is 19.4 Å². The number of para-hydroxylation sites is 2. The first-order valence-corrected chi connectivity index (χ1v) is 12.1. The zero-order chi connectivity index (χ0) is 23.6. The van der Waals surface area contributed by atoms with Crippen molar-refractivity contribution in [1.29, 1.82) is 0 Å². The highest BCUT2D eigenvalue weighted by Gasteiger charge is 2.16. The largest absolute Gasteiger partial charge is 0.350 e. The molecule has 4 aromatic rings. The minimum atomic E-state index is -3.62. The van der Waals surface area contributed by atoms with Crippen molar-refractivity contribution in [2.45, 2.75) is 37.9 Å². The molecule has 0 radical (unpaired) electrons. The van der Waals surface area contributed by atoms with E-state index < -0.39 is 10.0 Å². The lowest BCUT2D eigenvalue weighted by molar-refractivity contribution is -0.121. The number of pyridine rings is 1. The summed E-state index contributed by atoms with van der Waals surface area (Å²) in [5.41, 5.74) is 1.98. The van der Waals surface area contributed by atoms with Gasteiger partial charge in [-0.3, -0.25) is 9.59 Å². The molecule has 0 unspecified atom stereocenters. The van der Waals surface area contributed by atoms with Crippen LogP contribution >= 0.6 is 0 Å². The Hall–Kier alpha value is -3.49. The number of hydrogen-bond donors (Lipinski definition) is 2. The van der Waals surface area contributed by atoms with E-state index in [4.69, 9.17) is 0 Å². The van der Waals surface area contributed by atoms with Gasteiger partial charge in [0, 0.05) is 23.4 Å². The summed E-state index contributed by atoms with van der Waals surface area (Å²) in [5, 5.41) is 3.97. The van der Waals surface area contributed by atoms with Crippen LogP contribution in [0.3, 0.4) is 0 Å². The molecular weight excluding hydrogens is 438 g/mol. The molecule has 33 heavy (non-hydrogen) atoms. The van der Waals surface area contributed by atoms with Crippen molar-refractivity contribution in [3.8, 4) is 0 Å². The maximum absolute atomic E-state index is 12.8. The molecule has 0 aliphatic rings. The molecule has 3 aromatic carbocycles. The summed E-state index contributed by atoms with van der Waals surface area (Å²) >= 11 is 0. The van der Waals surface area contributed by atoms with Crippen molar-refractivity contribution in [1.82, 2.24) is 14.6 Å². The van der Waals surface area contributed by atoms with Crippen LogP contribution in [0.5, 0.6) is 0 Å². The number of nitrogens with one attached hydrogen (secondary N) is 2. The number of aromatic nitrogens is 1. The summed E-state index contributed by atoms with van der Waals surface area (Å²) in [4.78, 5) is 25.8. The van der Waals surface area contributed by atoms with E-state index in [1.807, 2.05) is 28.8 Å². The van der Waals surface area contributed by atoms with E-state index in [9.17, 15) is 18.0 Å². The first-order chi connectivity index (χ1) is 15.8. The molecule has 0 spiro atoms. The van der Waals surface area contributed by atoms with E-state index in [0.717, 1.165) is 0 Å². The van der Waals surface area contributed by atoms with Crippen LogP contribution in [-0.2, 0) is 27.9 Å². The molecule has 170 valence electrons. The number of carbonyl (C=O) groups is 1. The Morgan fingerprint density at radius 1 is 0.909 bits per heavy atom. The monoisotopic (exact) mass is 463 g/mol. The SMILES string of the molecule is CC(C)NS(=O)(=O)c1cccc(CNC(=O)Cn2c3ccccc3c(=O)c3ccccc32)c1. The van der Waals surface area contributed by atoms with E-state index in [1.165, 1.54) is 6.07 Å². The lowest BCUT2D eigenvalue weighted by Gasteiger charge is -2.15. The Bertz CT molecular complexity index is 1450. The third-order valence-electron chi connectivity index (χ3n) is 5.27. The quantitative estimate of drug-likeness (QED) is 0.412. The molecule has 0 saturated carbocycles. The van der Waals surface area contributed by atoms with Crippen molar-refractivity contribution in [3.05, 3.63) is 88.6 Å². The second-order valence-electron chi connectivity index (χ2n) is 8.15. The zero-order valence-electron chi connectivity index (χ0n) is 18.4. The summed E-state index contributed by atoms with van der Waals surface area (Å²) in [5.74, 6) is -0.248. The summed E-state index contributed by atoms with van der Waals surface area (Å²) in [6.07, 6.45) is 0. The van der Waals surface area contributed by atoms with Crippen molar-refractivity contribution in [2.24, 2.45) is 0 Å². The van der Waals surface area contributed by atoms with Crippen LogP contribution in [0, 0.1) is 0 Å². The van der Waals surface area contributed by atoms with Gasteiger partial charge in [0.15, 0.2) is 5.43 Å². The minimum absolute atomic E-state index is 0.0220. The van der Waals surface area contributed by atoms with Gasteiger partial charge in [-0.1, -0.05) is 36.4 Å².